The molecule has 0 amide bonds. The number of hydrogen-bond donors (Lipinski definition) is 0. The van der Waals surface area contributed by atoms with E-state index in [0.717, 1.165) is 17.0 Å². The van der Waals surface area contributed by atoms with Crippen LogP contribution in [0.2, 0.25) is 0 Å². The van der Waals surface area contributed by atoms with Crippen molar-refractivity contribution in [3.63, 3.8) is 0 Å². The normalized spacial score (nSPS) is 10.7. The van der Waals surface area contributed by atoms with E-state index in [1.807, 2.05) is 66.9 Å². The summed E-state index contributed by atoms with van der Waals surface area (Å²) in [6.45, 7) is 4.20. The molecule has 0 fully saturated rings. The Hall–Kier alpha value is -1.83. The van der Waals surface area contributed by atoms with E-state index in [4.69, 9.17) is 0 Å². The minimum Gasteiger partial charge on any atom is -0.323 e. The molecule has 121 valence electrons. The molecule has 0 saturated heterocycles. The molecule has 0 aliphatic rings. The first kappa shape index (κ1) is 19.2. The molecule has 1 unspecified atom stereocenters. The summed E-state index contributed by atoms with van der Waals surface area (Å²) < 4.78 is 0. The fourth-order valence-electron chi connectivity index (χ4n) is 1.89. The van der Waals surface area contributed by atoms with Crippen LogP contribution in [-0.4, -0.2) is 9.97 Å². The van der Waals surface area contributed by atoms with Gasteiger partial charge in [0.15, 0.2) is 0 Å². The summed E-state index contributed by atoms with van der Waals surface area (Å²) >= 11 is 0. The molecule has 23 heavy (non-hydrogen) atoms. The molecule has 0 aliphatic carbocycles. The van der Waals surface area contributed by atoms with Crippen LogP contribution in [0.15, 0.2) is 73.1 Å². The van der Waals surface area contributed by atoms with Gasteiger partial charge in [-0.15, -0.1) is 41.8 Å². The van der Waals surface area contributed by atoms with Crippen molar-refractivity contribution in [2.45, 2.75) is 19.8 Å². The number of benzene rings is 1. The zero-order valence-corrected chi connectivity index (χ0v) is 15.7. The zero-order chi connectivity index (χ0) is 15.6. The molecule has 1 radical (unpaired) electrons. The van der Waals surface area contributed by atoms with Gasteiger partial charge in [0.2, 0.25) is 0 Å². The van der Waals surface area contributed by atoms with Crippen molar-refractivity contribution in [1.82, 2.24) is 9.97 Å². The fraction of sp³-hybridized carbons (Fsp3) is 0.150. The van der Waals surface area contributed by atoms with E-state index < -0.39 is 0 Å². The zero-order valence-electron chi connectivity index (χ0n) is 13.3. The molecule has 1 aromatic carbocycles. The summed E-state index contributed by atoms with van der Waals surface area (Å²) in [5.41, 5.74) is 3.15. The van der Waals surface area contributed by atoms with Crippen molar-refractivity contribution < 1.29 is 20.1 Å². The summed E-state index contributed by atoms with van der Waals surface area (Å²) in [5.74, 6) is 0.473. The molecule has 3 rings (SSSR count). The van der Waals surface area contributed by atoms with Gasteiger partial charge in [-0.05, 0) is 23.9 Å². The van der Waals surface area contributed by atoms with Crippen LogP contribution >= 0.6 is 0 Å². The Morgan fingerprint density at radius 3 is 2.13 bits per heavy atom. The van der Waals surface area contributed by atoms with Gasteiger partial charge < -0.3 is 11.4 Å². The second-order valence-corrected chi connectivity index (χ2v) is 4.87. The predicted molar refractivity (Wildman–Crippen MR) is 91.1 cm³/mol. The van der Waals surface area contributed by atoms with Gasteiger partial charge in [0.05, 0.1) is 0 Å². The minimum absolute atomic E-state index is 0. The Kier molecular flexibility index (Phi) is 9.04. The van der Waals surface area contributed by atoms with Crippen LogP contribution in [0, 0.1) is 12.5 Å². The maximum absolute atomic E-state index is 4.22. The molecular formula is C20H20IrN2-2. The number of rotatable bonds is 3. The van der Waals surface area contributed by atoms with Crippen LogP contribution in [0.3, 0.4) is 0 Å². The molecule has 0 saturated carbocycles. The van der Waals surface area contributed by atoms with E-state index in [9.17, 15) is 0 Å². The molecule has 1 atom stereocenters. The summed E-state index contributed by atoms with van der Waals surface area (Å²) in [7, 11) is 0. The smallest absolute Gasteiger partial charge is 0.0270 e. The average molecular weight is 481 g/mol. The quantitative estimate of drug-likeness (QED) is 0.496. The Balaban J connectivity index is 0.000000224. The van der Waals surface area contributed by atoms with Crippen molar-refractivity contribution in [1.29, 1.82) is 0 Å². The summed E-state index contributed by atoms with van der Waals surface area (Å²) in [4.78, 5) is 8.44. The fourth-order valence-corrected chi connectivity index (χ4v) is 1.89. The van der Waals surface area contributed by atoms with E-state index in [-0.39, 0.29) is 20.1 Å². The summed E-state index contributed by atoms with van der Waals surface area (Å²) in [5, 5.41) is 0. The molecule has 2 heterocycles. The van der Waals surface area contributed by atoms with Gasteiger partial charge >= 0.3 is 0 Å². The Labute approximate surface area is 152 Å². The number of nitrogens with zero attached hydrogens (tertiary/aromatic N) is 2. The first-order valence-electron chi connectivity index (χ1n) is 7.40. The van der Waals surface area contributed by atoms with Gasteiger partial charge in [0.1, 0.15) is 0 Å². The Morgan fingerprint density at radius 1 is 0.913 bits per heavy atom. The Bertz CT molecular complexity index is 605. The molecule has 3 aromatic rings. The predicted octanol–water partition coefficient (Wildman–Crippen LogP) is 4.96. The van der Waals surface area contributed by atoms with E-state index in [2.05, 4.69) is 36.3 Å². The maximum Gasteiger partial charge on any atom is 0.0270 e. The molecular weight excluding hydrogens is 460 g/mol. The maximum atomic E-state index is 4.22. The van der Waals surface area contributed by atoms with Crippen LogP contribution in [0.1, 0.15) is 25.5 Å². The van der Waals surface area contributed by atoms with Crippen molar-refractivity contribution >= 4 is 0 Å². The van der Waals surface area contributed by atoms with Crippen molar-refractivity contribution in [3.05, 3.63) is 91.2 Å². The van der Waals surface area contributed by atoms with Crippen LogP contribution in [0.5, 0.6) is 0 Å². The third-order valence-corrected chi connectivity index (χ3v) is 3.30. The molecule has 2 aromatic heterocycles. The van der Waals surface area contributed by atoms with Crippen LogP contribution in [0.25, 0.3) is 11.3 Å². The summed E-state index contributed by atoms with van der Waals surface area (Å²) in [6, 6.07) is 22.8. The second kappa shape index (κ2) is 10.8. The molecule has 0 N–H and O–H groups in total. The average Bonchev–Trinajstić information content (AvgIpc) is 2.64. The van der Waals surface area contributed by atoms with Gasteiger partial charge in [-0.25, -0.2) is 0 Å². The van der Waals surface area contributed by atoms with Gasteiger partial charge in [-0.1, -0.05) is 25.1 Å². The van der Waals surface area contributed by atoms with E-state index in [0.29, 0.717) is 5.92 Å². The van der Waals surface area contributed by atoms with Gasteiger partial charge in [0.25, 0.3) is 0 Å². The van der Waals surface area contributed by atoms with Gasteiger partial charge in [-0.3, -0.25) is 4.98 Å². The number of hydrogen-bond acceptors (Lipinski definition) is 2. The van der Waals surface area contributed by atoms with E-state index in [1.165, 1.54) is 0 Å². The molecule has 3 heteroatoms. The van der Waals surface area contributed by atoms with Crippen LogP contribution in [0.4, 0.5) is 0 Å². The third-order valence-electron chi connectivity index (χ3n) is 3.30. The standard InChI is InChI=1S/C11H8N.C9H12N.Ir/c1-2-6-10(7-3-1)11-8-4-5-9-12-11;1-3-8(2)9-6-4-5-7-10-9;/h1-6,8-9H;3-8H,1-2H3;/q2*-1;. The first-order valence-corrected chi connectivity index (χ1v) is 7.40. The SMILES string of the molecule is C[CH-]C(C)c1ccccn1.[Ir].[c-]1ccccc1-c1ccccn1. The van der Waals surface area contributed by atoms with Crippen LogP contribution < -0.4 is 0 Å². The van der Waals surface area contributed by atoms with Crippen molar-refractivity contribution in [3.8, 4) is 11.3 Å². The van der Waals surface area contributed by atoms with Crippen molar-refractivity contribution in [2.24, 2.45) is 0 Å². The molecule has 0 aliphatic heterocycles. The number of aromatic nitrogens is 2. The third kappa shape index (κ3) is 6.43. The van der Waals surface area contributed by atoms with E-state index >= 15 is 0 Å². The Morgan fingerprint density at radius 2 is 1.61 bits per heavy atom. The first-order chi connectivity index (χ1) is 10.8. The van der Waals surface area contributed by atoms with Gasteiger partial charge in [0, 0.05) is 38.2 Å². The van der Waals surface area contributed by atoms with E-state index in [1.54, 1.807) is 6.20 Å². The van der Waals surface area contributed by atoms with Crippen LogP contribution in [-0.2, 0) is 20.1 Å². The van der Waals surface area contributed by atoms with Crippen molar-refractivity contribution in [2.75, 3.05) is 0 Å². The number of pyridine rings is 2. The molecule has 0 spiro atoms. The largest absolute Gasteiger partial charge is 0.323 e. The monoisotopic (exact) mass is 481 g/mol. The topological polar surface area (TPSA) is 25.8 Å². The molecule has 2 nitrogen and oxygen atoms in total. The summed E-state index contributed by atoms with van der Waals surface area (Å²) in [6.07, 6.45) is 5.76. The second-order valence-electron chi connectivity index (χ2n) is 4.87. The minimum atomic E-state index is 0. The molecule has 0 bridgehead atoms. The van der Waals surface area contributed by atoms with Gasteiger partial charge in [-0.2, -0.15) is 6.92 Å².